The van der Waals surface area contributed by atoms with Crippen molar-refractivity contribution in [2.75, 3.05) is 0 Å². The van der Waals surface area contributed by atoms with E-state index in [2.05, 4.69) is 5.32 Å². The van der Waals surface area contributed by atoms with Gasteiger partial charge in [-0.25, -0.2) is 0 Å². The summed E-state index contributed by atoms with van der Waals surface area (Å²) in [4.78, 5) is 22.9. The van der Waals surface area contributed by atoms with Crippen molar-refractivity contribution in [3.8, 4) is 0 Å². The van der Waals surface area contributed by atoms with Gasteiger partial charge in [0.25, 0.3) is 11.1 Å². The standard InChI is InChI=1S/C15H10Cl3NO2/c16-12-6-5-11(13(17)7-12)8-19-15(21)10-3-1-9(2-4-10)14(18)20/h1-7H,8H2,(H,19,21). The predicted molar refractivity (Wildman–Crippen MR) is 84.3 cm³/mol. The molecule has 21 heavy (non-hydrogen) atoms. The van der Waals surface area contributed by atoms with Crippen LogP contribution in [0.5, 0.6) is 0 Å². The van der Waals surface area contributed by atoms with E-state index in [1.54, 1.807) is 18.2 Å². The minimum absolute atomic E-state index is 0.269. The molecule has 0 fully saturated rings. The summed E-state index contributed by atoms with van der Waals surface area (Å²) in [6.07, 6.45) is 0. The zero-order valence-electron chi connectivity index (χ0n) is 10.7. The maximum Gasteiger partial charge on any atom is 0.252 e. The molecule has 0 unspecified atom stereocenters. The van der Waals surface area contributed by atoms with Crippen molar-refractivity contribution in [1.29, 1.82) is 0 Å². The van der Waals surface area contributed by atoms with E-state index in [4.69, 9.17) is 34.8 Å². The molecule has 2 rings (SSSR count). The van der Waals surface area contributed by atoms with Gasteiger partial charge < -0.3 is 5.32 Å². The van der Waals surface area contributed by atoms with Gasteiger partial charge in [-0.15, -0.1) is 0 Å². The number of benzene rings is 2. The van der Waals surface area contributed by atoms with Gasteiger partial charge in [0.1, 0.15) is 0 Å². The summed E-state index contributed by atoms with van der Waals surface area (Å²) in [5, 5.41) is 3.21. The maximum atomic E-state index is 12.0. The van der Waals surface area contributed by atoms with Crippen molar-refractivity contribution in [2.24, 2.45) is 0 Å². The Kier molecular flexibility index (Phi) is 5.23. The first kappa shape index (κ1) is 15.8. The van der Waals surface area contributed by atoms with Gasteiger partial charge in [-0.05, 0) is 53.6 Å². The van der Waals surface area contributed by atoms with E-state index in [-0.39, 0.29) is 12.5 Å². The van der Waals surface area contributed by atoms with Crippen LogP contribution >= 0.6 is 34.8 Å². The minimum Gasteiger partial charge on any atom is -0.348 e. The summed E-state index contributed by atoms with van der Waals surface area (Å²) in [6, 6.07) is 11.1. The lowest BCUT2D eigenvalue weighted by molar-refractivity contribution is 0.0950. The number of rotatable bonds is 4. The summed E-state index contributed by atoms with van der Waals surface area (Å²) >= 11 is 17.2. The highest BCUT2D eigenvalue weighted by atomic mass is 35.5. The summed E-state index contributed by atoms with van der Waals surface area (Å²) in [6.45, 7) is 0.283. The van der Waals surface area contributed by atoms with Gasteiger partial charge in [0.2, 0.25) is 0 Å². The molecule has 2 aromatic carbocycles. The van der Waals surface area contributed by atoms with E-state index in [1.165, 1.54) is 24.3 Å². The molecule has 6 heteroatoms. The Morgan fingerprint density at radius 3 is 2.14 bits per heavy atom. The third-order valence-corrected chi connectivity index (χ3v) is 3.63. The number of nitrogens with one attached hydrogen (secondary N) is 1. The van der Waals surface area contributed by atoms with Crippen LogP contribution < -0.4 is 5.32 Å². The fourth-order valence-electron chi connectivity index (χ4n) is 1.70. The molecule has 0 spiro atoms. The number of carbonyl (C=O) groups is 2. The lowest BCUT2D eigenvalue weighted by Gasteiger charge is -2.07. The normalized spacial score (nSPS) is 10.2. The molecule has 1 N–H and O–H groups in total. The predicted octanol–water partition coefficient (Wildman–Crippen LogP) is 4.30. The van der Waals surface area contributed by atoms with Crippen LogP contribution in [0.2, 0.25) is 10.0 Å². The van der Waals surface area contributed by atoms with Gasteiger partial charge in [-0.2, -0.15) is 0 Å². The highest BCUT2D eigenvalue weighted by molar-refractivity contribution is 6.67. The fourth-order valence-corrected chi connectivity index (χ4v) is 2.30. The molecule has 0 saturated carbocycles. The number of amides is 1. The molecule has 3 nitrogen and oxygen atoms in total. The molecule has 0 heterocycles. The molecule has 0 bridgehead atoms. The molecule has 2 aromatic rings. The second kappa shape index (κ2) is 6.94. The molecule has 1 amide bonds. The summed E-state index contributed by atoms with van der Waals surface area (Å²) in [7, 11) is 0. The second-order valence-corrected chi connectivity index (χ2v) is 5.46. The topological polar surface area (TPSA) is 46.2 Å². The Bertz CT molecular complexity index is 684. The lowest BCUT2D eigenvalue weighted by Crippen LogP contribution is -2.22. The van der Waals surface area contributed by atoms with Crippen LogP contribution in [0.4, 0.5) is 0 Å². The Morgan fingerprint density at radius 2 is 1.57 bits per heavy atom. The number of carbonyl (C=O) groups excluding carboxylic acids is 2. The summed E-state index contributed by atoms with van der Waals surface area (Å²) in [5.41, 5.74) is 1.54. The van der Waals surface area contributed by atoms with Gasteiger partial charge in [0, 0.05) is 27.7 Å². The Labute approximate surface area is 136 Å². The lowest BCUT2D eigenvalue weighted by atomic mass is 10.1. The van der Waals surface area contributed by atoms with E-state index in [0.29, 0.717) is 21.2 Å². The van der Waals surface area contributed by atoms with Crippen molar-refractivity contribution in [1.82, 2.24) is 5.32 Å². The molecule has 0 aromatic heterocycles. The van der Waals surface area contributed by atoms with Crippen LogP contribution in [0.15, 0.2) is 42.5 Å². The van der Waals surface area contributed by atoms with Crippen LogP contribution in [0.25, 0.3) is 0 Å². The van der Waals surface area contributed by atoms with Gasteiger partial charge in [-0.3, -0.25) is 9.59 Å². The van der Waals surface area contributed by atoms with Crippen molar-refractivity contribution >= 4 is 46.0 Å². The third kappa shape index (κ3) is 4.21. The van der Waals surface area contributed by atoms with E-state index in [9.17, 15) is 9.59 Å². The van der Waals surface area contributed by atoms with Crippen LogP contribution in [-0.4, -0.2) is 11.1 Å². The molecule has 0 aliphatic heterocycles. The Hall–Kier alpha value is -1.55. The Morgan fingerprint density at radius 1 is 0.952 bits per heavy atom. The SMILES string of the molecule is O=C(Cl)c1ccc(C(=O)NCc2ccc(Cl)cc2Cl)cc1. The average Bonchev–Trinajstić information content (AvgIpc) is 2.46. The van der Waals surface area contributed by atoms with Gasteiger partial charge in [0.05, 0.1) is 0 Å². The van der Waals surface area contributed by atoms with Crippen molar-refractivity contribution in [3.63, 3.8) is 0 Å². The van der Waals surface area contributed by atoms with Crippen LogP contribution in [0.1, 0.15) is 26.3 Å². The van der Waals surface area contributed by atoms with Crippen molar-refractivity contribution < 1.29 is 9.59 Å². The zero-order chi connectivity index (χ0) is 15.4. The molecular formula is C15H10Cl3NO2. The molecule has 0 saturated heterocycles. The smallest absolute Gasteiger partial charge is 0.252 e. The third-order valence-electron chi connectivity index (χ3n) is 2.83. The minimum atomic E-state index is -0.560. The van der Waals surface area contributed by atoms with Crippen LogP contribution in [-0.2, 0) is 6.54 Å². The number of hydrogen-bond acceptors (Lipinski definition) is 2. The monoisotopic (exact) mass is 341 g/mol. The molecule has 0 radical (unpaired) electrons. The maximum absolute atomic E-state index is 12.0. The first-order chi connectivity index (χ1) is 9.97. The Balaban J connectivity index is 2.02. The average molecular weight is 343 g/mol. The summed E-state index contributed by atoms with van der Waals surface area (Å²) in [5.74, 6) is -0.269. The number of halogens is 3. The molecular weight excluding hydrogens is 333 g/mol. The first-order valence-corrected chi connectivity index (χ1v) is 7.13. The number of hydrogen-bond donors (Lipinski definition) is 1. The van der Waals surface area contributed by atoms with Crippen molar-refractivity contribution in [3.05, 3.63) is 69.2 Å². The zero-order valence-corrected chi connectivity index (χ0v) is 13.0. The highest BCUT2D eigenvalue weighted by Gasteiger charge is 2.08. The largest absolute Gasteiger partial charge is 0.348 e. The van der Waals surface area contributed by atoms with E-state index in [0.717, 1.165) is 5.56 Å². The molecule has 108 valence electrons. The van der Waals surface area contributed by atoms with E-state index in [1.807, 2.05) is 0 Å². The van der Waals surface area contributed by atoms with Crippen LogP contribution in [0, 0.1) is 0 Å². The second-order valence-electron chi connectivity index (χ2n) is 4.27. The highest BCUT2D eigenvalue weighted by Crippen LogP contribution is 2.20. The molecule has 0 aliphatic rings. The molecule has 0 atom stereocenters. The first-order valence-electron chi connectivity index (χ1n) is 5.99. The van der Waals surface area contributed by atoms with Crippen LogP contribution in [0.3, 0.4) is 0 Å². The van der Waals surface area contributed by atoms with Gasteiger partial charge in [0.15, 0.2) is 0 Å². The molecule has 0 aliphatic carbocycles. The fraction of sp³-hybridized carbons (Fsp3) is 0.0667. The van der Waals surface area contributed by atoms with E-state index >= 15 is 0 Å². The van der Waals surface area contributed by atoms with E-state index < -0.39 is 5.24 Å². The van der Waals surface area contributed by atoms with Crippen molar-refractivity contribution in [2.45, 2.75) is 6.54 Å². The summed E-state index contributed by atoms with van der Waals surface area (Å²) < 4.78 is 0. The quantitative estimate of drug-likeness (QED) is 0.842. The van der Waals surface area contributed by atoms with Gasteiger partial charge in [-0.1, -0.05) is 29.3 Å². The van der Waals surface area contributed by atoms with Gasteiger partial charge >= 0.3 is 0 Å².